The van der Waals surface area contributed by atoms with Crippen molar-refractivity contribution in [1.82, 2.24) is 4.31 Å². The molecule has 0 aliphatic carbocycles. The van der Waals surface area contributed by atoms with E-state index in [0.29, 0.717) is 0 Å². The van der Waals surface area contributed by atoms with Crippen molar-refractivity contribution < 1.29 is 17.2 Å². The Balaban J connectivity index is 2.57. The van der Waals surface area contributed by atoms with Gasteiger partial charge in [-0.3, -0.25) is 0 Å². The molecule has 0 radical (unpaired) electrons. The molecule has 0 aromatic carbocycles. The van der Waals surface area contributed by atoms with Crippen LogP contribution in [0.15, 0.2) is 0 Å². The molecule has 1 rings (SSSR count). The monoisotopic (exact) mass is 283 g/mol. The Labute approximate surface area is 69.0 Å². The third-order valence-electron chi connectivity index (χ3n) is 1.12. The van der Waals surface area contributed by atoms with E-state index in [1.807, 2.05) is 0 Å². The van der Waals surface area contributed by atoms with E-state index in [1.54, 1.807) is 0 Å². The summed E-state index contributed by atoms with van der Waals surface area (Å²) in [6.07, 6.45) is 0. The number of halogens is 3. The summed E-state index contributed by atoms with van der Waals surface area (Å²) >= 11 is 1.14. The van der Waals surface area contributed by atoms with Crippen LogP contribution >= 0.6 is 21.2 Å². The smallest absolute Gasteiger partial charge is 0.204 e. The molecule has 1 aliphatic rings. The van der Waals surface area contributed by atoms with E-state index in [4.69, 9.17) is 0 Å². The highest BCUT2D eigenvalue weighted by Gasteiger charge is 2.48. The molecular weight excluding hydrogens is 279 g/mol. The molecule has 0 aromatic rings. The Hall–Kier alpha value is 0.500. The molecule has 3 nitrogen and oxygen atoms in total. The van der Waals surface area contributed by atoms with Crippen LogP contribution in [0.1, 0.15) is 0 Å². The first kappa shape index (κ1) is 8.60. The summed E-state index contributed by atoms with van der Waals surface area (Å²) in [5.74, 6) is -2.81. The van der Waals surface area contributed by atoms with Gasteiger partial charge >= 0.3 is 0 Å². The van der Waals surface area contributed by atoms with Crippen LogP contribution in [0.4, 0.5) is 8.78 Å². The van der Waals surface area contributed by atoms with Gasteiger partial charge in [0.1, 0.15) is 0 Å². The second-order valence-corrected chi connectivity index (χ2v) is 6.75. The van der Waals surface area contributed by atoms with Gasteiger partial charge in [-0.25, -0.2) is 17.2 Å². The van der Waals surface area contributed by atoms with E-state index in [-0.39, 0.29) is 0 Å². The van der Waals surface area contributed by atoms with Crippen molar-refractivity contribution in [3.63, 3.8) is 0 Å². The normalized spacial score (nSPS) is 25.9. The molecule has 10 heavy (non-hydrogen) atoms. The van der Waals surface area contributed by atoms with Crippen molar-refractivity contribution in [2.45, 2.75) is 5.92 Å². The molecule has 0 spiro atoms. The van der Waals surface area contributed by atoms with Gasteiger partial charge in [0.05, 0.1) is 34.3 Å². The lowest BCUT2D eigenvalue weighted by Gasteiger charge is -2.35. The zero-order chi connectivity index (χ0) is 7.99. The highest BCUT2D eigenvalue weighted by atomic mass is 127. The average Bonchev–Trinajstić information content (AvgIpc) is 1.56. The van der Waals surface area contributed by atoms with E-state index >= 15 is 0 Å². The lowest BCUT2D eigenvalue weighted by atomic mass is 10.2. The summed E-state index contributed by atoms with van der Waals surface area (Å²) in [6.45, 7) is -1.34. The minimum Gasteiger partial charge on any atom is -0.204 e. The van der Waals surface area contributed by atoms with Crippen molar-refractivity contribution >= 4 is 28.4 Å². The molecular formula is C3H4F2INO2S. The standard InChI is InChI=1S/C3H4F2INO2S/c4-3(5)1-7(2-3)10(6,8)9/h1-2H2. The van der Waals surface area contributed by atoms with Gasteiger partial charge in [-0.2, -0.15) is 4.31 Å². The molecule has 0 saturated carbocycles. The van der Waals surface area contributed by atoms with Crippen LogP contribution in [0.5, 0.6) is 0 Å². The molecule has 0 aromatic heterocycles. The number of hydrogen-bond donors (Lipinski definition) is 0. The van der Waals surface area contributed by atoms with Crippen molar-refractivity contribution in [1.29, 1.82) is 0 Å². The maximum atomic E-state index is 12.0. The lowest BCUT2D eigenvalue weighted by molar-refractivity contribution is -0.0933. The molecule has 1 heterocycles. The first-order valence-electron chi connectivity index (χ1n) is 2.39. The van der Waals surface area contributed by atoms with Crippen molar-refractivity contribution in [2.75, 3.05) is 13.1 Å². The molecule has 1 aliphatic heterocycles. The third-order valence-corrected chi connectivity index (χ3v) is 3.67. The van der Waals surface area contributed by atoms with Gasteiger partial charge < -0.3 is 0 Å². The van der Waals surface area contributed by atoms with Gasteiger partial charge in [-0.15, -0.1) is 0 Å². The van der Waals surface area contributed by atoms with Crippen LogP contribution in [-0.4, -0.2) is 31.7 Å². The van der Waals surface area contributed by atoms with Gasteiger partial charge in [0.2, 0.25) is 0 Å². The zero-order valence-corrected chi connectivity index (χ0v) is 7.69. The van der Waals surface area contributed by atoms with Crippen molar-refractivity contribution in [3.8, 4) is 0 Å². The maximum absolute atomic E-state index is 12.0. The summed E-state index contributed by atoms with van der Waals surface area (Å²) in [5.41, 5.74) is 0. The molecule has 0 unspecified atom stereocenters. The second kappa shape index (κ2) is 2.24. The molecule has 60 valence electrons. The Morgan fingerprint density at radius 3 is 1.90 bits per heavy atom. The predicted molar refractivity (Wildman–Crippen MR) is 39.5 cm³/mol. The minimum absolute atomic E-state index is 0.668. The summed E-state index contributed by atoms with van der Waals surface area (Å²) in [4.78, 5) is 0. The Kier molecular flexibility index (Phi) is 1.93. The fraction of sp³-hybridized carbons (Fsp3) is 1.00. The zero-order valence-electron chi connectivity index (χ0n) is 4.72. The SMILES string of the molecule is O=S(=O)(I)N1CC(F)(F)C1. The number of hydrogen-bond acceptors (Lipinski definition) is 2. The van der Waals surface area contributed by atoms with Crippen LogP contribution in [0.3, 0.4) is 0 Å². The maximum Gasteiger partial charge on any atom is 0.275 e. The van der Waals surface area contributed by atoms with Crippen LogP contribution in [-0.2, 0) is 7.19 Å². The molecule has 7 heteroatoms. The van der Waals surface area contributed by atoms with Gasteiger partial charge in [-0.1, -0.05) is 0 Å². The molecule has 1 saturated heterocycles. The molecule has 0 N–H and O–H groups in total. The summed E-state index contributed by atoms with van der Waals surface area (Å²) in [5, 5.41) is 0. The van der Waals surface area contributed by atoms with Crippen molar-refractivity contribution in [2.24, 2.45) is 0 Å². The third kappa shape index (κ3) is 1.76. The first-order valence-corrected chi connectivity index (χ1v) is 6.37. The highest BCUT2D eigenvalue weighted by Crippen LogP contribution is 2.30. The molecule has 0 amide bonds. The van der Waals surface area contributed by atoms with E-state index in [1.165, 1.54) is 0 Å². The minimum atomic E-state index is -3.41. The Morgan fingerprint density at radius 1 is 1.40 bits per heavy atom. The fourth-order valence-corrected chi connectivity index (χ4v) is 2.15. The van der Waals surface area contributed by atoms with Gasteiger partial charge in [-0.05, 0) is 0 Å². The first-order chi connectivity index (χ1) is 4.31. The Morgan fingerprint density at radius 2 is 1.80 bits per heavy atom. The fourth-order valence-electron chi connectivity index (χ4n) is 0.624. The summed E-state index contributed by atoms with van der Waals surface area (Å²) in [6, 6.07) is 0. The largest absolute Gasteiger partial charge is 0.275 e. The topological polar surface area (TPSA) is 37.4 Å². The van der Waals surface area contributed by atoms with Gasteiger partial charge in [0.15, 0.2) is 0 Å². The van der Waals surface area contributed by atoms with E-state index in [9.17, 15) is 17.2 Å². The molecule has 0 bridgehead atoms. The molecule has 1 fully saturated rings. The Bertz CT molecular complexity index is 231. The predicted octanol–water partition coefficient (Wildman–Crippen LogP) is 0.617. The van der Waals surface area contributed by atoms with E-state index in [0.717, 1.165) is 25.5 Å². The quantitative estimate of drug-likeness (QED) is 0.522. The summed E-state index contributed by atoms with van der Waals surface area (Å²) < 4.78 is 45.7. The van der Waals surface area contributed by atoms with Gasteiger partial charge in [0.25, 0.3) is 13.1 Å². The number of alkyl halides is 2. The second-order valence-electron chi connectivity index (χ2n) is 2.07. The van der Waals surface area contributed by atoms with Crippen LogP contribution < -0.4 is 0 Å². The number of nitrogens with zero attached hydrogens (tertiary/aromatic N) is 1. The summed E-state index contributed by atoms with van der Waals surface area (Å²) in [7, 11) is -3.41. The van der Waals surface area contributed by atoms with Crippen LogP contribution in [0.25, 0.3) is 0 Å². The van der Waals surface area contributed by atoms with Crippen LogP contribution in [0.2, 0.25) is 0 Å². The van der Waals surface area contributed by atoms with Crippen molar-refractivity contribution in [3.05, 3.63) is 0 Å². The lowest BCUT2D eigenvalue weighted by Crippen LogP contribution is -2.56. The highest BCUT2D eigenvalue weighted by molar-refractivity contribution is 14.2. The van der Waals surface area contributed by atoms with Crippen LogP contribution in [0, 0.1) is 0 Å². The average molecular weight is 283 g/mol. The molecule has 0 atom stereocenters. The number of rotatable bonds is 1. The van der Waals surface area contributed by atoms with Gasteiger partial charge in [0, 0.05) is 0 Å². The van der Waals surface area contributed by atoms with E-state index in [2.05, 4.69) is 0 Å². The van der Waals surface area contributed by atoms with E-state index < -0.39 is 26.2 Å².